The molecule has 0 aliphatic rings. The molecule has 86 valence electrons. The first-order valence-electron chi connectivity index (χ1n) is 4.11. The van der Waals surface area contributed by atoms with Crippen LogP contribution in [0, 0.1) is 0 Å². The highest BCUT2D eigenvalue weighted by Gasteiger charge is 2.01. The predicted octanol–water partition coefficient (Wildman–Crippen LogP) is 0.985. The summed E-state index contributed by atoms with van der Waals surface area (Å²) in [6.07, 6.45) is 2.61. The minimum Gasteiger partial charge on any atom is -0.306 e. The van der Waals surface area contributed by atoms with E-state index in [0.717, 1.165) is 12.8 Å². The average Bonchev–Trinajstić information content (AvgIpc) is 1.92. The van der Waals surface area contributed by atoms with Gasteiger partial charge in [0.25, 0.3) is 0 Å². The summed E-state index contributed by atoms with van der Waals surface area (Å²) < 4.78 is 38.8. The number of rotatable bonds is 7. The van der Waals surface area contributed by atoms with Crippen molar-refractivity contribution in [1.29, 1.82) is 0 Å². The van der Waals surface area contributed by atoms with Crippen molar-refractivity contribution in [2.24, 2.45) is 0 Å². The highest BCUT2D eigenvalue weighted by atomic mass is 32.8. The normalized spacial score (nSPS) is 19.9. The van der Waals surface area contributed by atoms with Crippen molar-refractivity contribution < 1.29 is 17.5 Å². The molecule has 0 aliphatic carbocycles. The molecule has 0 saturated heterocycles. The maximum atomic E-state index is 10.6. The molecule has 0 amide bonds. The molecule has 0 aliphatic heterocycles. The molecule has 0 spiro atoms. The zero-order valence-corrected chi connectivity index (χ0v) is 10.9. The third kappa shape index (κ3) is 12.7. The first kappa shape index (κ1) is 14.7. The molecular weight excluding hydrogens is 264 g/mol. The first-order valence-corrected chi connectivity index (χ1v) is 9.33. The van der Waals surface area contributed by atoms with Crippen LogP contribution < -0.4 is 0 Å². The van der Waals surface area contributed by atoms with Gasteiger partial charge in [0.2, 0.25) is 0 Å². The lowest BCUT2D eigenvalue weighted by Crippen LogP contribution is -2.04. The van der Waals surface area contributed by atoms with Crippen LogP contribution in [0.2, 0.25) is 0 Å². The van der Waals surface area contributed by atoms with Gasteiger partial charge < -0.3 is 9.11 Å². The quantitative estimate of drug-likeness (QED) is 0.676. The van der Waals surface area contributed by atoms with Crippen LogP contribution in [0.1, 0.15) is 25.7 Å². The number of hydrogen-bond acceptors (Lipinski definition) is 4. The van der Waals surface area contributed by atoms with E-state index in [-0.39, 0.29) is 11.5 Å². The van der Waals surface area contributed by atoms with Gasteiger partial charge >= 0.3 is 0 Å². The van der Waals surface area contributed by atoms with E-state index in [9.17, 15) is 8.42 Å². The Labute approximate surface area is 94.5 Å². The highest BCUT2D eigenvalue weighted by molar-refractivity contribution is 8.30. The van der Waals surface area contributed by atoms with Crippen molar-refractivity contribution in [1.82, 2.24) is 0 Å². The van der Waals surface area contributed by atoms with Gasteiger partial charge in [0, 0.05) is 33.9 Å². The van der Waals surface area contributed by atoms with Crippen molar-refractivity contribution in [3.8, 4) is 0 Å². The molecule has 0 aromatic heterocycles. The standard InChI is InChI=1S/C6H14O4S4/c7-13(8,11)5-3-1-2-4-6-14(9,10)12/h1-6H2,(H,7,8,11)(H,9,10,12). The van der Waals surface area contributed by atoms with E-state index in [0.29, 0.717) is 12.8 Å². The van der Waals surface area contributed by atoms with Gasteiger partial charge in [0.05, 0.1) is 0 Å². The Bertz CT molecular complexity index is 306. The summed E-state index contributed by atoms with van der Waals surface area (Å²) in [5, 5.41) is 0. The van der Waals surface area contributed by atoms with E-state index >= 15 is 0 Å². The lowest BCUT2D eigenvalue weighted by Gasteiger charge is -2.01. The SMILES string of the molecule is O=S(O)(=S)CCCCCCS(=O)(O)=S. The van der Waals surface area contributed by atoms with E-state index < -0.39 is 17.5 Å². The molecule has 0 aromatic rings. The van der Waals surface area contributed by atoms with Gasteiger partial charge in [-0.3, -0.25) is 0 Å². The minimum atomic E-state index is -3.03. The molecule has 0 rings (SSSR count). The lowest BCUT2D eigenvalue weighted by molar-refractivity contribution is 0.549. The number of unbranched alkanes of at least 4 members (excludes halogenated alkanes) is 3. The Kier molecular flexibility index (Phi) is 6.58. The van der Waals surface area contributed by atoms with Crippen molar-refractivity contribution >= 4 is 39.9 Å². The Morgan fingerprint density at radius 2 is 1.07 bits per heavy atom. The van der Waals surface area contributed by atoms with E-state index in [4.69, 9.17) is 9.11 Å². The molecule has 0 heterocycles. The fourth-order valence-corrected chi connectivity index (χ4v) is 2.77. The highest BCUT2D eigenvalue weighted by Crippen LogP contribution is 2.03. The van der Waals surface area contributed by atoms with Crippen LogP contribution in [0.25, 0.3) is 0 Å². The summed E-state index contributed by atoms with van der Waals surface area (Å²) in [6.45, 7) is 0. The molecule has 0 radical (unpaired) electrons. The van der Waals surface area contributed by atoms with Gasteiger partial charge in [-0.2, -0.15) is 0 Å². The van der Waals surface area contributed by atoms with Crippen molar-refractivity contribution in [3.63, 3.8) is 0 Å². The van der Waals surface area contributed by atoms with E-state index in [1.807, 2.05) is 0 Å². The molecular formula is C6H14O4S4. The summed E-state index contributed by atoms with van der Waals surface area (Å²) in [5.41, 5.74) is 0. The van der Waals surface area contributed by atoms with Crippen LogP contribution in [0.4, 0.5) is 0 Å². The second-order valence-electron chi connectivity index (χ2n) is 2.99. The van der Waals surface area contributed by atoms with Crippen LogP contribution >= 0.6 is 0 Å². The van der Waals surface area contributed by atoms with Gasteiger partial charge in [-0.25, -0.2) is 8.42 Å². The maximum Gasteiger partial charge on any atom is 0.141 e. The molecule has 2 unspecified atom stereocenters. The molecule has 4 nitrogen and oxygen atoms in total. The summed E-state index contributed by atoms with van der Waals surface area (Å²) in [4.78, 5) is 0. The maximum absolute atomic E-state index is 10.6. The largest absolute Gasteiger partial charge is 0.306 e. The third-order valence-corrected chi connectivity index (χ3v) is 4.16. The molecule has 0 aromatic carbocycles. The van der Waals surface area contributed by atoms with Crippen LogP contribution in [0.3, 0.4) is 0 Å². The van der Waals surface area contributed by atoms with Crippen molar-refractivity contribution in [2.45, 2.75) is 25.7 Å². The summed E-state index contributed by atoms with van der Waals surface area (Å²) in [7, 11) is -6.07. The number of hydrogen-bond donors (Lipinski definition) is 2. The van der Waals surface area contributed by atoms with Gasteiger partial charge in [-0.05, 0) is 12.8 Å². The van der Waals surface area contributed by atoms with Crippen LogP contribution in [0.15, 0.2) is 0 Å². The van der Waals surface area contributed by atoms with E-state index in [2.05, 4.69) is 22.4 Å². The van der Waals surface area contributed by atoms with Gasteiger partial charge in [0.1, 0.15) is 17.5 Å². The first-order chi connectivity index (χ1) is 6.21. The molecule has 0 saturated carbocycles. The molecule has 2 N–H and O–H groups in total. The average molecular weight is 278 g/mol. The molecule has 14 heavy (non-hydrogen) atoms. The van der Waals surface area contributed by atoms with Crippen LogP contribution in [-0.4, -0.2) is 29.0 Å². The Balaban J connectivity index is 3.41. The minimum absolute atomic E-state index is 0.116. The third-order valence-electron chi connectivity index (χ3n) is 1.55. The van der Waals surface area contributed by atoms with E-state index in [1.54, 1.807) is 0 Å². The molecule has 2 atom stereocenters. The Morgan fingerprint density at radius 1 is 0.786 bits per heavy atom. The topological polar surface area (TPSA) is 74.6 Å². The molecule has 8 heteroatoms. The van der Waals surface area contributed by atoms with Gasteiger partial charge in [0.15, 0.2) is 0 Å². The van der Waals surface area contributed by atoms with Gasteiger partial charge in [-0.15, -0.1) is 0 Å². The zero-order chi connectivity index (χ0) is 11.2. The van der Waals surface area contributed by atoms with Crippen LogP contribution in [0.5, 0.6) is 0 Å². The summed E-state index contributed by atoms with van der Waals surface area (Å²) >= 11 is 8.61. The molecule has 0 bridgehead atoms. The Hall–Kier alpha value is 0.660. The monoisotopic (exact) mass is 278 g/mol. The fourth-order valence-electron chi connectivity index (χ4n) is 0.922. The van der Waals surface area contributed by atoms with E-state index in [1.165, 1.54) is 0 Å². The smallest absolute Gasteiger partial charge is 0.141 e. The zero-order valence-electron chi connectivity index (χ0n) is 7.59. The van der Waals surface area contributed by atoms with Crippen LogP contribution in [-0.2, 0) is 39.9 Å². The second-order valence-corrected chi connectivity index (χ2v) is 9.26. The predicted molar refractivity (Wildman–Crippen MR) is 64.5 cm³/mol. The van der Waals surface area contributed by atoms with Crippen molar-refractivity contribution in [3.05, 3.63) is 0 Å². The van der Waals surface area contributed by atoms with Gasteiger partial charge in [-0.1, -0.05) is 12.8 Å². The second kappa shape index (κ2) is 6.29. The summed E-state index contributed by atoms with van der Waals surface area (Å²) in [6, 6.07) is 0. The Morgan fingerprint density at radius 3 is 1.29 bits per heavy atom. The summed E-state index contributed by atoms with van der Waals surface area (Å²) in [5.74, 6) is 0.232. The lowest BCUT2D eigenvalue weighted by atomic mass is 10.2. The molecule has 0 fully saturated rings. The van der Waals surface area contributed by atoms with Crippen molar-refractivity contribution in [2.75, 3.05) is 11.5 Å². The fraction of sp³-hybridized carbons (Fsp3) is 1.00.